The van der Waals surface area contributed by atoms with Gasteiger partial charge in [-0.05, 0) is 12.1 Å². The van der Waals surface area contributed by atoms with Crippen LogP contribution in [-0.4, -0.2) is 35.4 Å². The van der Waals surface area contributed by atoms with Crippen molar-refractivity contribution in [2.24, 2.45) is 0 Å². The first-order valence-electron chi connectivity index (χ1n) is 4.90. The molecule has 15 heavy (non-hydrogen) atoms. The van der Waals surface area contributed by atoms with E-state index in [1.54, 1.807) is 23.1 Å². The summed E-state index contributed by atoms with van der Waals surface area (Å²) in [4.78, 5) is 13.6. The Hall–Kier alpha value is -1.03. The Balaban J connectivity index is 2.16. The lowest BCUT2D eigenvalue weighted by Gasteiger charge is -2.26. The molecule has 1 saturated heterocycles. The zero-order valence-corrected chi connectivity index (χ0v) is 9.10. The molecule has 2 nitrogen and oxygen atoms in total. The van der Waals surface area contributed by atoms with Gasteiger partial charge < -0.3 is 4.90 Å². The smallest absolute Gasteiger partial charge is 0.256 e. The van der Waals surface area contributed by atoms with Crippen molar-refractivity contribution >= 4 is 17.7 Å². The largest absolute Gasteiger partial charge is 0.337 e. The molecule has 1 amide bonds. The van der Waals surface area contributed by atoms with Crippen molar-refractivity contribution in [1.82, 2.24) is 4.90 Å². The average molecular weight is 225 g/mol. The van der Waals surface area contributed by atoms with E-state index < -0.39 is 5.82 Å². The number of thioether (sulfide) groups is 1. The maximum atomic E-state index is 13.3. The highest BCUT2D eigenvalue weighted by Crippen LogP contribution is 2.14. The van der Waals surface area contributed by atoms with Crippen LogP contribution in [0.2, 0.25) is 0 Å². The molecular weight excluding hydrogens is 213 g/mol. The highest BCUT2D eigenvalue weighted by Gasteiger charge is 2.20. The van der Waals surface area contributed by atoms with E-state index in [1.807, 2.05) is 11.8 Å². The van der Waals surface area contributed by atoms with Crippen LogP contribution in [0.25, 0.3) is 0 Å². The van der Waals surface area contributed by atoms with Crippen molar-refractivity contribution in [3.63, 3.8) is 0 Å². The molecule has 1 aromatic rings. The van der Waals surface area contributed by atoms with Gasteiger partial charge in [-0.15, -0.1) is 0 Å². The zero-order chi connectivity index (χ0) is 10.7. The van der Waals surface area contributed by atoms with Gasteiger partial charge in [-0.1, -0.05) is 12.1 Å². The number of hydrogen-bond donors (Lipinski definition) is 0. The molecule has 1 aliphatic heterocycles. The molecule has 4 heteroatoms. The highest BCUT2D eigenvalue weighted by atomic mass is 32.2. The van der Waals surface area contributed by atoms with E-state index in [-0.39, 0.29) is 11.5 Å². The molecular formula is C11H12FNOS. The van der Waals surface area contributed by atoms with Gasteiger partial charge in [0.2, 0.25) is 0 Å². The molecule has 0 atom stereocenters. The van der Waals surface area contributed by atoms with Crippen LogP contribution in [0.15, 0.2) is 24.3 Å². The van der Waals surface area contributed by atoms with Gasteiger partial charge in [0, 0.05) is 24.6 Å². The Morgan fingerprint density at radius 2 is 1.93 bits per heavy atom. The Morgan fingerprint density at radius 3 is 2.60 bits per heavy atom. The molecule has 80 valence electrons. The van der Waals surface area contributed by atoms with Crippen molar-refractivity contribution < 1.29 is 9.18 Å². The SMILES string of the molecule is O=C(c1ccccc1F)N1CCSCC1. The molecule has 0 N–H and O–H groups in total. The Labute approximate surface area is 92.5 Å². The third kappa shape index (κ3) is 2.31. The minimum atomic E-state index is -0.430. The fourth-order valence-corrected chi connectivity index (χ4v) is 2.47. The lowest BCUT2D eigenvalue weighted by atomic mass is 10.2. The highest BCUT2D eigenvalue weighted by molar-refractivity contribution is 7.99. The van der Waals surface area contributed by atoms with Gasteiger partial charge in [-0.3, -0.25) is 4.79 Å². The topological polar surface area (TPSA) is 20.3 Å². The second kappa shape index (κ2) is 4.66. The normalized spacial score (nSPS) is 16.5. The molecule has 0 aliphatic carbocycles. The number of rotatable bonds is 1. The van der Waals surface area contributed by atoms with Crippen LogP contribution < -0.4 is 0 Å². The number of halogens is 1. The van der Waals surface area contributed by atoms with Gasteiger partial charge in [0.25, 0.3) is 5.91 Å². The molecule has 0 unspecified atom stereocenters. The van der Waals surface area contributed by atoms with Crippen molar-refractivity contribution in [2.45, 2.75) is 0 Å². The van der Waals surface area contributed by atoms with Crippen molar-refractivity contribution in [1.29, 1.82) is 0 Å². The van der Waals surface area contributed by atoms with Crippen LogP contribution in [0.3, 0.4) is 0 Å². The van der Waals surface area contributed by atoms with Crippen molar-refractivity contribution in [3.05, 3.63) is 35.6 Å². The predicted molar refractivity (Wildman–Crippen MR) is 59.6 cm³/mol. The van der Waals surface area contributed by atoms with E-state index in [0.29, 0.717) is 0 Å². The van der Waals surface area contributed by atoms with Gasteiger partial charge in [0.05, 0.1) is 5.56 Å². The average Bonchev–Trinajstić information content (AvgIpc) is 2.30. The summed E-state index contributed by atoms with van der Waals surface area (Å²) >= 11 is 1.83. The Kier molecular flexibility index (Phi) is 3.26. The van der Waals surface area contributed by atoms with Crippen LogP contribution in [-0.2, 0) is 0 Å². The molecule has 1 heterocycles. The van der Waals surface area contributed by atoms with Crippen LogP contribution in [0.4, 0.5) is 4.39 Å². The van der Waals surface area contributed by atoms with Crippen LogP contribution in [0.1, 0.15) is 10.4 Å². The van der Waals surface area contributed by atoms with Crippen LogP contribution in [0.5, 0.6) is 0 Å². The van der Waals surface area contributed by atoms with Crippen LogP contribution >= 0.6 is 11.8 Å². The zero-order valence-electron chi connectivity index (χ0n) is 8.28. The number of benzene rings is 1. The van der Waals surface area contributed by atoms with E-state index in [1.165, 1.54) is 6.07 Å². The first-order chi connectivity index (χ1) is 7.29. The predicted octanol–water partition coefficient (Wildman–Crippen LogP) is 2.01. The molecule has 2 rings (SSSR count). The van der Waals surface area contributed by atoms with E-state index in [2.05, 4.69) is 0 Å². The van der Waals surface area contributed by atoms with Crippen molar-refractivity contribution in [2.75, 3.05) is 24.6 Å². The molecule has 0 spiro atoms. The summed E-state index contributed by atoms with van der Waals surface area (Å²) in [6, 6.07) is 6.15. The number of hydrogen-bond acceptors (Lipinski definition) is 2. The van der Waals surface area contributed by atoms with Gasteiger partial charge in [0.15, 0.2) is 0 Å². The van der Waals surface area contributed by atoms with Gasteiger partial charge in [-0.25, -0.2) is 4.39 Å². The summed E-state index contributed by atoms with van der Waals surface area (Å²) in [5.41, 5.74) is 0.185. The maximum Gasteiger partial charge on any atom is 0.256 e. The Bertz CT molecular complexity index is 363. The van der Waals surface area contributed by atoms with E-state index in [9.17, 15) is 9.18 Å². The van der Waals surface area contributed by atoms with Gasteiger partial charge >= 0.3 is 0 Å². The molecule has 0 aromatic heterocycles. The summed E-state index contributed by atoms with van der Waals surface area (Å²) < 4.78 is 13.3. The second-order valence-corrected chi connectivity index (χ2v) is 4.61. The molecule has 1 aromatic carbocycles. The lowest BCUT2D eigenvalue weighted by Crippen LogP contribution is -2.38. The third-order valence-corrected chi connectivity index (χ3v) is 3.35. The standard InChI is InChI=1S/C11H12FNOS/c12-10-4-2-1-3-9(10)11(14)13-5-7-15-8-6-13/h1-4H,5-8H2. The van der Waals surface area contributed by atoms with Crippen molar-refractivity contribution in [3.8, 4) is 0 Å². The van der Waals surface area contributed by atoms with E-state index >= 15 is 0 Å². The minimum Gasteiger partial charge on any atom is -0.337 e. The molecule has 1 aliphatic rings. The summed E-state index contributed by atoms with van der Waals surface area (Å²) in [6.07, 6.45) is 0. The summed E-state index contributed by atoms with van der Waals surface area (Å²) in [5, 5.41) is 0. The monoisotopic (exact) mass is 225 g/mol. The molecule has 0 bridgehead atoms. The van der Waals surface area contributed by atoms with E-state index in [4.69, 9.17) is 0 Å². The van der Waals surface area contributed by atoms with Gasteiger partial charge in [-0.2, -0.15) is 11.8 Å². The quantitative estimate of drug-likeness (QED) is 0.728. The maximum absolute atomic E-state index is 13.3. The summed E-state index contributed by atoms with van der Waals surface area (Å²) in [5.74, 6) is 1.27. The fourth-order valence-electron chi connectivity index (χ4n) is 1.57. The van der Waals surface area contributed by atoms with Crippen LogP contribution in [0, 0.1) is 5.82 Å². The van der Waals surface area contributed by atoms with Gasteiger partial charge in [0.1, 0.15) is 5.82 Å². The molecule has 0 saturated carbocycles. The molecule has 1 fully saturated rings. The first kappa shape index (κ1) is 10.5. The first-order valence-corrected chi connectivity index (χ1v) is 6.06. The minimum absolute atomic E-state index is 0.185. The summed E-state index contributed by atoms with van der Waals surface area (Å²) in [6.45, 7) is 1.44. The second-order valence-electron chi connectivity index (χ2n) is 3.38. The number of carbonyl (C=O) groups is 1. The number of carbonyl (C=O) groups excluding carboxylic acids is 1. The lowest BCUT2D eigenvalue weighted by molar-refractivity contribution is 0.0767. The fraction of sp³-hybridized carbons (Fsp3) is 0.364. The molecule has 0 radical (unpaired) electrons. The third-order valence-electron chi connectivity index (χ3n) is 2.40. The number of amides is 1. The Morgan fingerprint density at radius 1 is 1.27 bits per heavy atom. The van der Waals surface area contributed by atoms with E-state index in [0.717, 1.165) is 24.6 Å². The number of nitrogens with zero attached hydrogens (tertiary/aromatic N) is 1. The summed E-state index contributed by atoms with van der Waals surface area (Å²) in [7, 11) is 0.